The Bertz CT molecular complexity index is 291. The van der Waals surface area contributed by atoms with E-state index < -0.39 is 0 Å². The molecule has 1 unspecified atom stereocenters. The minimum absolute atomic E-state index is 0.0304. The van der Waals surface area contributed by atoms with Crippen LogP contribution in [0.1, 0.15) is 43.9 Å². The molecule has 1 aromatic heterocycles. The summed E-state index contributed by atoms with van der Waals surface area (Å²) in [5.41, 5.74) is 6.13. The van der Waals surface area contributed by atoms with Crippen molar-refractivity contribution in [2.45, 2.75) is 38.1 Å². The van der Waals surface area contributed by atoms with Gasteiger partial charge in [0, 0.05) is 0 Å². The molecule has 1 aliphatic rings. The highest BCUT2D eigenvalue weighted by atomic mass is 35.5. The molecule has 1 saturated carbocycles. The van der Waals surface area contributed by atoms with Crippen molar-refractivity contribution >= 4 is 11.6 Å². The fraction of sp³-hybridized carbons (Fsp3) is 0.636. The van der Waals surface area contributed by atoms with Crippen LogP contribution in [0.2, 0.25) is 5.22 Å². The third kappa shape index (κ3) is 2.12. The molecule has 0 aromatic carbocycles. The Kier molecular flexibility index (Phi) is 3.14. The van der Waals surface area contributed by atoms with Crippen LogP contribution in [0, 0.1) is 5.92 Å². The zero-order valence-corrected chi connectivity index (χ0v) is 8.96. The van der Waals surface area contributed by atoms with E-state index in [9.17, 15) is 0 Å². The molecule has 1 heterocycles. The van der Waals surface area contributed by atoms with Crippen molar-refractivity contribution in [1.82, 2.24) is 0 Å². The van der Waals surface area contributed by atoms with Gasteiger partial charge in [-0.15, -0.1) is 0 Å². The van der Waals surface area contributed by atoms with Crippen molar-refractivity contribution in [3.8, 4) is 0 Å². The highest BCUT2D eigenvalue weighted by Gasteiger charge is 2.23. The van der Waals surface area contributed by atoms with Gasteiger partial charge >= 0.3 is 0 Å². The molecule has 1 aliphatic carbocycles. The van der Waals surface area contributed by atoms with Gasteiger partial charge < -0.3 is 10.2 Å². The van der Waals surface area contributed by atoms with Crippen LogP contribution < -0.4 is 5.73 Å². The van der Waals surface area contributed by atoms with Gasteiger partial charge in [-0.3, -0.25) is 0 Å². The van der Waals surface area contributed by atoms with Crippen molar-refractivity contribution in [2.24, 2.45) is 11.7 Å². The predicted octanol–water partition coefficient (Wildman–Crippen LogP) is 3.51. The summed E-state index contributed by atoms with van der Waals surface area (Å²) in [5.74, 6) is 1.41. The summed E-state index contributed by atoms with van der Waals surface area (Å²) in [4.78, 5) is 0. The Morgan fingerprint density at radius 1 is 1.29 bits per heavy atom. The topological polar surface area (TPSA) is 39.2 Å². The summed E-state index contributed by atoms with van der Waals surface area (Å²) in [6, 6.07) is 3.68. The van der Waals surface area contributed by atoms with Crippen LogP contribution >= 0.6 is 11.6 Å². The molecule has 0 radical (unpaired) electrons. The fourth-order valence-corrected chi connectivity index (χ4v) is 2.39. The van der Waals surface area contributed by atoms with E-state index in [0.29, 0.717) is 11.1 Å². The van der Waals surface area contributed by atoms with Crippen LogP contribution in [0.4, 0.5) is 0 Å². The molecule has 0 saturated heterocycles. The molecule has 1 atom stereocenters. The van der Waals surface area contributed by atoms with E-state index in [1.54, 1.807) is 6.07 Å². The van der Waals surface area contributed by atoms with Crippen molar-refractivity contribution in [1.29, 1.82) is 0 Å². The van der Waals surface area contributed by atoms with E-state index in [1.807, 2.05) is 6.07 Å². The SMILES string of the molecule is NC(c1ccc(Cl)o1)C1CCCCC1. The number of halogens is 1. The second-order valence-electron chi connectivity index (χ2n) is 4.07. The summed E-state index contributed by atoms with van der Waals surface area (Å²) in [6.07, 6.45) is 6.39. The maximum Gasteiger partial charge on any atom is 0.193 e. The second-order valence-corrected chi connectivity index (χ2v) is 4.44. The van der Waals surface area contributed by atoms with Gasteiger partial charge in [0.05, 0.1) is 6.04 Å². The standard InChI is InChI=1S/C11H16ClNO/c12-10-7-6-9(14-10)11(13)8-4-2-1-3-5-8/h6-8,11H,1-5,13H2. The van der Waals surface area contributed by atoms with Gasteiger partial charge in [-0.05, 0) is 42.5 Å². The van der Waals surface area contributed by atoms with Gasteiger partial charge in [0.1, 0.15) is 5.76 Å². The van der Waals surface area contributed by atoms with E-state index in [0.717, 1.165) is 5.76 Å². The fourth-order valence-electron chi connectivity index (χ4n) is 2.23. The first kappa shape index (κ1) is 10.1. The molecule has 0 spiro atoms. The first-order chi connectivity index (χ1) is 6.77. The number of hydrogen-bond acceptors (Lipinski definition) is 2. The third-order valence-corrected chi connectivity index (χ3v) is 3.28. The quantitative estimate of drug-likeness (QED) is 0.817. The van der Waals surface area contributed by atoms with Crippen molar-refractivity contribution in [2.75, 3.05) is 0 Å². The van der Waals surface area contributed by atoms with E-state index >= 15 is 0 Å². The highest BCUT2D eigenvalue weighted by molar-refractivity contribution is 6.28. The van der Waals surface area contributed by atoms with Crippen LogP contribution in [0.25, 0.3) is 0 Å². The lowest BCUT2D eigenvalue weighted by atomic mass is 9.83. The van der Waals surface area contributed by atoms with Crippen LogP contribution in [0.3, 0.4) is 0 Å². The summed E-state index contributed by atoms with van der Waals surface area (Å²) in [5, 5.41) is 0.436. The van der Waals surface area contributed by atoms with E-state index in [2.05, 4.69) is 0 Å². The Balaban J connectivity index is 2.03. The average molecular weight is 214 g/mol. The lowest BCUT2D eigenvalue weighted by Gasteiger charge is -2.25. The molecular weight excluding hydrogens is 198 g/mol. The molecule has 14 heavy (non-hydrogen) atoms. The summed E-state index contributed by atoms with van der Waals surface area (Å²) in [6.45, 7) is 0. The maximum atomic E-state index is 6.13. The number of rotatable bonds is 2. The van der Waals surface area contributed by atoms with Gasteiger partial charge in [-0.2, -0.15) is 0 Å². The van der Waals surface area contributed by atoms with Crippen LogP contribution in [-0.2, 0) is 0 Å². The molecule has 2 rings (SSSR count). The molecule has 0 aliphatic heterocycles. The van der Waals surface area contributed by atoms with Crippen LogP contribution in [0.5, 0.6) is 0 Å². The Morgan fingerprint density at radius 2 is 2.00 bits per heavy atom. The molecule has 0 bridgehead atoms. The van der Waals surface area contributed by atoms with Gasteiger partial charge in [0.15, 0.2) is 5.22 Å². The minimum atomic E-state index is 0.0304. The van der Waals surface area contributed by atoms with Gasteiger partial charge in [0.25, 0.3) is 0 Å². The Morgan fingerprint density at radius 3 is 2.57 bits per heavy atom. The molecule has 1 fully saturated rings. The van der Waals surface area contributed by atoms with Crippen molar-refractivity contribution < 1.29 is 4.42 Å². The number of nitrogens with two attached hydrogens (primary N) is 1. The molecular formula is C11H16ClNO. The van der Waals surface area contributed by atoms with Crippen molar-refractivity contribution in [3.05, 3.63) is 23.1 Å². The van der Waals surface area contributed by atoms with Crippen LogP contribution in [0.15, 0.2) is 16.5 Å². The summed E-state index contributed by atoms with van der Waals surface area (Å²) < 4.78 is 5.34. The highest BCUT2D eigenvalue weighted by Crippen LogP contribution is 2.33. The Hall–Kier alpha value is -0.470. The number of furan rings is 1. The zero-order chi connectivity index (χ0) is 9.97. The molecule has 78 valence electrons. The van der Waals surface area contributed by atoms with E-state index in [-0.39, 0.29) is 6.04 Å². The van der Waals surface area contributed by atoms with E-state index in [1.165, 1.54) is 32.1 Å². The predicted molar refractivity (Wildman–Crippen MR) is 57.2 cm³/mol. The molecule has 3 heteroatoms. The molecule has 2 N–H and O–H groups in total. The van der Waals surface area contributed by atoms with Gasteiger partial charge in [-0.1, -0.05) is 19.3 Å². The molecule has 1 aromatic rings. The minimum Gasteiger partial charge on any atom is -0.448 e. The maximum absolute atomic E-state index is 6.13. The zero-order valence-electron chi connectivity index (χ0n) is 8.21. The third-order valence-electron chi connectivity index (χ3n) is 3.08. The second kappa shape index (κ2) is 4.37. The first-order valence-corrected chi connectivity index (χ1v) is 5.66. The van der Waals surface area contributed by atoms with Crippen LogP contribution in [-0.4, -0.2) is 0 Å². The largest absolute Gasteiger partial charge is 0.448 e. The molecule has 0 amide bonds. The van der Waals surface area contributed by atoms with Gasteiger partial charge in [0.2, 0.25) is 0 Å². The van der Waals surface area contributed by atoms with E-state index in [4.69, 9.17) is 21.8 Å². The summed E-state index contributed by atoms with van der Waals surface area (Å²) >= 11 is 5.72. The Labute approximate surface area is 89.4 Å². The molecule has 2 nitrogen and oxygen atoms in total. The smallest absolute Gasteiger partial charge is 0.193 e. The number of hydrogen-bond donors (Lipinski definition) is 1. The summed E-state index contributed by atoms with van der Waals surface area (Å²) in [7, 11) is 0. The first-order valence-electron chi connectivity index (χ1n) is 5.28. The lowest BCUT2D eigenvalue weighted by molar-refractivity contribution is 0.281. The monoisotopic (exact) mass is 213 g/mol. The lowest BCUT2D eigenvalue weighted by Crippen LogP contribution is -2.22. The van der Waals surface area contributed by atoms with Crippen molar-refractivity contribution in [3.63, 3.8) is 0 Å². The normalized spacial score (nSPS) is 21.0. The van der Waals surface area contributed by atoms with Gasteiger partial charge in [-0.25, -0.2) is 0 Å². The average Bonchev–Trinajstić information content (AvgIpc) is 2.65.